The average Bonchev–Trinajstić information content (AvgIpc) is 3.28. The first-order valence-corrected chi connectivity index (χ1v) is 8.45. The van der Waals surface area contributed by atoms with Gasteiger partial charge in [-0.1, -0.05) is 6.07 Å². The standard InChI is InChI=1S/C20H20N4/c1-23-10-17-12-24(13-18(17)11-23)20-5-3-16(9-22-20)14-2-4-19-15(8-14)6-7-21-19/h2-10,18,21H,11-13H2,1H3. The van der Waals surface area contributed by atoms with Gasteiger partial charge in [-0.15, -0.1) is 0 Å². The number of aromatic amines is 1. The van der Waals surface area contributed by atoms with Gasteiger partial charge in [-0.3, -0.25) is 0 Å². The highest BCUT2D eigenvalue weighted by molar-refractivity contribution is 5.85. The largest absolute Gasteiger partial charge is 0.380 e. The minimum absolute atomic E-state index is 0.674. The van der Waals surface area contributed by atoms with Gasteiger partial charge < -0.3 is 14.8 Å². The van der Waals surface area contributed by atoms with Crippen molar-refractivity contribution in [2.75, 3.05) is 31.6 Å². The third kappa shape index (κ3) is 2.18. The highest BCUT2D eigenvalue weighted by Gasteiger charge is 2.32. The first-order valence-electron chi connectivity index (χ1n) is 8.45. The molecule has 5 rings (SSSR count). The number of hydrogen-bond donors (Lipinski definition) is 1. The van der Waals surface area contributed by atoms with Gasteiger partial charge in [-0.25, -0.2) is 4.98 Å². The molecule has 1 saturated heterocycles. The van der Waals surface area contributed by atoms with E-state index in [1.165, 1.54) is 22.0 Å². The lowest BCUT2D eigenvalue weighted by Gasteiger charge is -2.19. The van der Waals surface area contributed by atoms with Crippen LogP contribution in [-0.2, 0) is 0 Å². The third-order valence-electron chi connectivity index (χ3n) is 5.19. The lowest BCUT2D eigenvalue weighted by atomic mass is 10.1. The Morgan fingerprint density at radius 3 is 2.83 bits per heavy atom. The van der Waals surface area contributed by atoms with Gasteiger partial charge in [0.25, 0.3) is 0 Å². The molecule has 1 fully saturated rings. The molecule has 1 atom stereocenters. The monoisotopic (exact) mass is 316 g/mol. The van der Waals surface area contributed by atoms with Crippen molar-refractivity contribution in [1.29, 1.82) is 0 Å². The molecule has 4 heteroatoms. The summed E-state index contributed by atoms with van der Waals surface area (Å²) in [5, 5.41) is 1.24. The van der Waals surface area contributed by atoms with Gasteiger partial charge in [-0.05, 0) is 46.9 Å². The molecule has 120 valence electrons. The number of pyridine rings is 1. The van der Waals surface area contributed by atoms with Crippen LogP contribution in [0.3, 0.4) is 0 Å². The number of fused-ring (bicyclic) bond motifs is 2. The van der Waals surface area contributed by atoms with E-state index in [2.05, 4.69) is 64.4 Å². The van der Waals surface area contributed by atoms with Crippen molar-refractivity contribution in [3.63, 3.8) is 0 Å². The van der Waals surface area contributed by atoms with Crippen LogP contribution in [-0.4, -0.2) is 41.5 Å². The highest BCUT2D eigenvalue weighted by Crippen LogP contribution is 2.32. The predicted molar refractivity (Wildman–Crippen MR) is 97.9 cm³/mol. The molecule has 1 unspecified atom stereocenters. The number of aromatic nitrogens is 2. The molecule has 1 aromatic carbocycles. The van der Waals surface area contributed by atoms with E-state index in [1.54, 1.807) is 5.57 Å². The van der Waals surface area contributed by atoms with Gasteiger partial charge in [0, 0.05) is 62.3 Å². The number of rotatable bonds is 2. The molecule has 0 aliphatic carbocycles. The topological polar surface area (TPSA) is 35.2 Å². The second-order valence-corrected chi connectivity index (χ2v) is 6.91. The smallest absolute Gasteiger partial charge is 0.128 e. The van der Waals surface area contributed by atoms with Crippen molar-refractivity contribution in [1.82, 2.24) is 14.9 Å². The maximum absolute atomic E-state index is 4.73. The minimum Gasteiger partial charge on any atom is -0.380 e. The summed E-state index contributed by atoms with van der Waals surface area (Å²) in [5.74, 6) is 1.76. The summed E-state index contributed by atoms with van der Waals surface area (Å²) in [6.45, 7) is 3.23. The number of H-pyrrole nitrogens is 1. The summed E-state index contributed by atoms with van der Waals surface area (Å²) in [6, 6.07) is 12.9. The number of benzene rings is 1. The van der Waals surface area contributed by atoms with Gasteiger partial charge >= 0.3 is 0 Å². The van der Waals surface area contributed by atoms with Crippen molar-refractivity contribution < 1.29 is 0 Å². The van der Waals surface area contributed by atoms with Gasteiger partial charge in [0.15, 0.2) is 0 Å². The molecule has 2 aliphatic rings. The van der Waals surface area contributed by atoms with E-state index >= 15 is 0 Å². The molecule has 3 aromatic rings. The fourth-order valence-corrected chi connectivity index (χ4v) is 3.95. The molecular weight excluding hydrogens is 296 g/mol. The molecule has 24 heavy (non-hydrogen) atoms. The number of nitrogens with one attached hydrogen (secondary N) is 1. The van der Waals surface area contributed by atoms with Crippen LogP contribution in [0.2, 0.25) is 0 Å². The van der Waals surface area contributed by atoms with Crippen molar-refractivity contribution >= 4 is 16.7 Å². The van der Waals surface area contributed by atoms with Crippen LogP contribution < -0.4 is 4.90 Å². The number of nitrogens with zero attached hydrogens (tertiary/aromatic N) is 3. The van der Waals surface area contributed by atoms with E-state index < -0.39 is 0 Å². The summed E-state index contributed by atoms with van der Waals surface area (Å²) in [5.41, 5.74) is 5.09. The maximum Gasteiger partial charge on any atom is 0.128 e. The Morgan fingerprint density at radius 1 is 1.08 bits per heavy atom. The molecule has 0 bridgehead atoms. The van der Waals surface area contributed by atoms with E-state index in [-0.39, 0.29) is 0 Å². The van der Waals surface area contributed by atoms with Crippen molar-refractivity contribution in [3.05, 3.63) is 60.6 Å². The molecule has 0 amide bonds. The molecule has 0 spiro atoms. The Balaban J connectivity index is 1.40. The maximum atomic E-state index is 4.73. The van der Waals surface area contributed by atoms with Crippen molar-refractivity contribution in [2.24, 2.45) is 5.92 Å². The minimum atomic E-state index is 0.674. The first-order chi connectivity index (χ1) is 11.8. The summed E-state index contributed by atoms with van der Waals surface area (Å²) >= 11 is 0. The summed E-state index contributed by atoms with van der Waals surface area (Å²) in [7, 11) is 2.16. The predicted octanol–water partition coefficient (Wildman–Crippen LogP) is 3.50. The lowest BCUT2D eigenvalue weighted by molar-refractivity contribution is 0.442. The van der Waals surface area contributed by atoms with Gasteiger partial charge in [-0.2, -0.15) is 0 Å². The van der Waals surface area contributed by atoms with Crippen LogP contribution >= 0.6 is 0 Å². The molecule has 1 N–H and O–H groups in total. The first kappa shape index (κ1) is 13.7. The van der Waals surface area contributed by atoms with Gasteiger partial charge in [0.2, 0.25) is 0 Å². The molecule has 0 radical (unpaired) electrons. The van der Waals surface area contributed by atoms with Crippen LogP contribution in [0.1, 0.15) is 0 Å². The van der Waals surface area contributed by atoms with Crippen molar-refractivity contribution in [3.8, 4) is 11.1 Å². The van der Waals surface area contributed by atoms with Crippen LogP contribution in [0, 0.1) is 5.92 Å². The zero-order valence-corrected chi connectivity index (χ0v) is 13.7. The second kappa shape index (κ2) is 5.13. The lowest BCUT2D eigenvalue weighted by Crippen LogP contribution is -2.24. The molecular formula is C20H20N4. The summed E-state index contributed by atoms with van der Waals surface area (Å²) in [6.07, 6.45) is 6.27. The fraction of sp³-hybridized carbons (Fsp3) is 0.250. The van der Waals surface area contributed by atoms with Gasteiger partial charge in [0.1, 0.15) is 5.82 Å². The number of anilines is 1. The Hall–Kier alpha value is -2.75. The summed E-state index contributed by atoms with van der Waals surface area (Å²) < 4.78 is 0. The van der Waals surface area contributed by atoms with Crippen LogP contribution in [0.5, 0.6) is 0 Å². The normalized spacial score (nSPS) is 19.9. The van der Waals surface area contributed by atoms with E-state index in [1.807, 2.05) is 12.4 Å². The van der Waals surface area contributed by atoms with Crippen LogP contribution in [0.25, 0.3) is 22.0 Å². The highest BCUT2D eigenvalue weighted by atomic mass is 15.2. The van der Waals surface area contributed by atoms with Crippen molar-refractivity contribution in [2.45, 2.75) is 0 Å². The second-order valence-electron chi connectivity index (χ2n) is 6.91. The van der Waals surface area contributed by atoms with Crippen LogP contribution in [0.15, 0.2) is 60.6 Å². The Bertz CT molecular complexity index is 922. The van der Waals surface area contributed by atoms with E-state index in [0.717, 1.165) is 25.5 Å². The Kier molecular flexibility index (Phi) is 2.92. The van der Waals surface area contributed by atoms with E-state index in [9.17, 15) is 0 Å². The Labute approximate surface area is 141 Å². The Morgan fingerprint density at radius 2 is 2.00 bits per heavy atom. The number of hydrogen-bond acceptors (Lipinski definition) is 3. The SMILES string of the molecule is CN1C=C2CN(c3ccc(-c4ccc5[nH]ccc5c4)cn3)CC2C1. The van der Waals surface area contributed by atoms with E-state index in [0.29, 0.717) is 5.92 Å². The molecule has 2 aromatic heterocycles. The van der Waals surface area contributed by atoms with Crippen LogP contribution in [0.4, 0.5) is 5.82 Å². The molecule has 2 aliphatic heterocycles. The third-order valence-corrected chi connectivity index (χ3v) is 5.19. The molecule has 0 saturated carbocycles. The fourth-order valence-electron chi connectivity index (χ4n) is 3.95. The summed E-state index contributed by atoms with van der Waals surface area (Å²) in [4.78, 5) is 12.7. The van der Waals surface area contributed by atoms with E-state index in [4.69, 9.17) is 4.98 Å². The zero-order chi connectivity index (χ0) is 16.1. The molecule has 4 heterocycles. The zero-order valence-electron chi connectivity index (χ0n) is 13.7. The van der Waals surface area contributed by atoms with Gasteiger partial charge in [0.05, 0.1) is 0 Å². The quantitative estimate of drug-likeness (QED) is 0.786. The molecule has 4 nitrogen and oxygen atoms in total. The average molecular weight is 316 g/mol.